The maximum Gasteiger partial charge on any atom is 0.101 e. The van der Waals surface area contributed by atoms with E-state index in [2.05, 4.69) is 94.1 Å². The summed E-state index contributed by atoms with van der Waals surface area (Å²) in [7, 11) is 0. The summed E-state index contributed by atoms with van der Waals surface area (Å²) < 4.78 is 4.38. The molecule has 0 N–H and O–H groups in total. The summed E-state index contributed by atoms with van der Waals surface area (Å²) in [6.45, 7) is 0. The van der Waals surface area contributed by atoms with E-state index < -0.39 is 0 Å². The third-order valence-corrected chi connectivity index (χ3v) is 9.60. The van der Waals surface area contributed by atoms with Crippen LogP contribution in [0.4, 0.5) is 0 Å². The van der Waals surface area contributed by atoms with E-state index in [1.54, 1.807) is 0 Å². The number of hydrogen-bond acceptors (Lipinski definition) is 3. The van der Waals surface area contributed by atoms with E-state index in [-0.39, 0.29) is 0 Å². The fraction of sp³-hybridized carbons (Fsp3) is 0. The monoisotopic (exact) mass is 635 g/mol. The molecule has 0 bridgehead atoms. The molecular weight excluding hydrogens is 611 g/mol. The number of hydrogen-bond donors (Lipinski definition) is 0. The SMILES string of the molecule is N#Cc1cc(-c2ccccc2-c2ccccc2-n2c3ccc(C#N)cc3c3cccc(C#N)c32)cc(-n2c3ccccc3c3ccccc32)c1. The van der Waals surface area contributed by atoms with Gasteiger partial charge in [-0.2, -0.15) is 15.8 Å². The Morgan fingerprint density at radius 1 is 0.400 bits per heavy atom. The Balaban J connectivity index is 1.31. The van der Waals surface area contributed by atoms with Crippen LogP contribution in [0.3, 0.4) is 0 Å². The van der Waals surface area contributed by atoms with Gasteiger partial charge in [-0.3, -0.25) is 0 Å². The molecule has 0 unspecified atom stereocenters. The van der Waals surface area contributed by atoms with Gasteiger partial charge in [-0.25, -0.2) is 0 Å². The summed E-state index contributed by atoms with van der Waals surface area (Å²) in [5.74, 6) is 0. The molecule has 230 valence electrons. The average molecular weight is 636 g/mol. The van der Waals surface area contributed by atoms with E-state index >= 15 is 0 Å². The van der Waals surface area contributed by atoms with Gasteiger partial charge in [0.05, 0.1) is 56.6 Å². The van der Waals surface area contributed by atoms with Gasteiger partial charge in [0.25, 0.3) is 0 Å². The summed E-state index contributed by atoms with van der Waals surface area (Å²) in [4.78, 5) is 0. The second kappa shape index (κ2) is 11.4. The zero-order chi connectivity index (χ0) is 33.8. The molecule has 0 saturated heterocycles. The molecule has 50 heavy (non-hydrogen) atoms. The van der Waals surface area contributed by atoms with Crippen LogP contribution in [0.15, 0.2) is 152 Å². The number of aromatic nitrogens is 2. The van der Waals surface area contributed by atoms with Crippen molar-refractivity contribution in [1.82, 2.24) is 9.13 Å². The van der Waals surface area contributed by atoms with Crippen LogP contribution < -0.4 is 0 Å². The number of para-hydroxylation sites is 4. The van der Waals surface area contributed by atoms with Crippen LogP contribution in [0.2, 0.25) is 0 Å². The van der Waals surface area contributed by atoms with Crippen molar-refractivity contribution in [2.24, 2.45) is 0 Å². The maximum absolute atomic E-state index is 10.3. The zero-order valence-corrected chi connectivity index (χ0v) is 26.7. The molecule has 2 aromatic heterocycles. The predicted octanol–water partition coefficient (Wildman–Crippen LogP) is 10.8. The third-order valence-electron chi connectivity index (χ3n) is 9.60. The molecule has 2 heterocycles. The quantitative estimate of drug-likeness (QED) is 0.193. The molecule has 0 radical (unpaired) electrons. The van der Waals surface area contributed by atoms with Gasteiger partial charge in [0, 0.05) is 32.8 Å². The minimum absolute atomic E-state index is 0.554. The van der Waals surface area contributed by atoms with E-state index in [4.69, 9.17) is 0 Å². The summed E-state index contributed by atoms with van der Waals surface area (Å²) in [6, 6.07) is 57.8. The summed E-state index contributed by atoms with van der Waals surface area (Å²) in [6.07, 6.45) is 0. The predicted molar refractivity (Wildman–Crippen MR) is 200 cm³/mol. The normalized spacial score (nSPS) is 11.1. The molecule has 7 aromatic carbocycles. The van der Waals surface area contributed by atoms with Gasteiger partial charge >= 0.3 is 0 Å². The van der Waals surface area contributed by atoms with Crippen LogP contribution in [-0.2, 0) is 0 Å². The molecule has 9 aromatic rings. The van der Waals surface area contributed by atoms with Crippen molar-refractivity contribution in [2.45, 2.75) is 0 Å². The molecule has 0 aliphatic rings. The minimum atomic E-state index is 0.554. The zero-order valence-electron chi connectivity index (χ0n) is 26.7. The largest absolute Gasteiger partial charge is 0.309 e. The number of benzene rings is 7. The maximum atomic E-state index is 10.3. The summed E-state index contributed by atoms with van der Waals surface area (Å²) >= 11 is 0. The van der Waals surface area contributed by atoms with Crippen molar-refractivity contribution >= 4 is 43.6 Å². The van der Waals surface area contributed by atoms with Gasteiger partial charge in [-0.05, 0) is 77.4 Å². The number of fused-ring (bicyclic) bond motifs is 6. The van der Waals surface area contributed by atoms with Gasteiger partial charge in [0.2, 0.25) is 0 Å². The van der Waals surface area contributed by atoms with E-state index in [1.807, 2.05) is 84.9 Å². The topological polar surface area (TPSA) is 81.2 Å². The van der Waals surface area contributed by atoms with Gasteiger partial charge in [0.15, 0.2) is 0 Å². The molecule has 0 spiro atoms. The molecule has 0 fully saturated rings. The van der Waals surface area contributed by atoms with Crippen molar-refractivity contribution in [1.29, 1.82) is 15.8 Å². The highest BCUT2D eigenvalue weighted by molar-refractivity contribution is 6.12. The molecule has 0 aliphatic carbocycles. The van der Waals surface area contributed by atoms with Crippen LogP contribution >= 0.6 is 0 Å². The van der Waals surface area contributed by atoms with E-state index in [9.17, 15) is 15.8 Å². The standard InChI is InChI=1S/C45H25N5/c46-26-29-20-21-44-40(24-29)39-16-9-10-31(28-48)45(39)50(44)43-19-8-3-13-36(43)35-12-2-1-11-34(35)32-22-30(27-47)23-33(25-32)49-41-17-6-4-14-37(41)38-15-5-7-18-42(38)49/h1-25H. The Morgan fingerprint density at radius 3 is 1.74 bits per heavy atom. The lowest BCUT2D eigenvalue weighted by molar-refractivity contribution is 1.17. The van der Waals surface area contributed by atoms with Gasteiger partial charge in [-0.1, -0.05) is 91.0 Å². The fourth-order valence-electron chi connectivity index (χ4n) is 7.51. The lowest BCUT2D eigenvalue weighted by atomic mass is 9.92. The number of rotatable bonds is 4. The molecule has 0 aliphatic heterocycles. The van der Waals surface area contributed by atoms with Crippen molar-refractivity contribution in [3.05, 3.63) is 168 Å². The lowest BCUT2D eigenvalue weighted by Gasteiger charge is -2.18. The Morgan fingerprint density at radius 2 is 1.02 bits per heavy atom. The van der Waals surface area contributed by atoms with Crippen molar-refractivity contribution in [3.8, 4) is 51.8 Å². The Bertz CT molecular complexity index is 2920. The van der Waals surface area contributed by atoms with Crippen molar-refractivity contribution in [3.63, 3.8) is 0 Å². The minimum Gasteiger partial charge on any atom is -0.309 e. The third kappa shape index (κ3) is 4.31. The Labute approximate surface area is 287 Å². The van der Waals surface area contributed by atoms with E-state index in [0.717, 1.165) is 77.2 Å². The second-order valence-electron chi connectivity index (χ2n) is 12.3. The summed E-state index contributed by atoms with van der Waals surface area (Å²) in [5.41, 5.74) is 11.2. The number of nitriles is 3. The molecular formula is C45H25N5. The second-order valence-corrected chi connectivity index (χ2v) is 12.3. The van der Waals surface area contributed by atoms with Crippen LogP contribution in [0.5, 0.6) is 0 Å². The van der Waals surface area contributed by atoms with E-state index in [0.29, 0.717) is 16.7 Å². The summed E-state index contributed by atoms with van der Waals surface area (Å²) in [5, 5.41) is 34.4. The van der Waals surface area contributed by atoms with Gasteiger partial charge < -0.3 is 9.13 Å². The van der Waals surface area contributed by atoms with Gasteiger partial charge in [-0.15, -0.1) is 0 Å². The molecule has 0 amide bonds. The highest BCUT2D eigenvalue weighted by Gasteiger charge is 2.21. The molecule has 0 saturated carbocycles. The first-order valence-electron chi connectivity index (χ1n) is 16.3. The van der Waals surface area contributed by atoms with Gasteiger partial charge in [0.1, 0.15) is 6.07 Å². The Hall–Kier alpha value is -7.39. The molecule has 5 heteroatoms. The molecule has 5 nitrogen and oxygen atoms in total. The van der Waals surface area contributed by atoms with Crippen LogP contribution in [0.1, 0.15) is 16.7 Å². The first-order chi connectivity index (χ1) is 24.7. The lowest BCUT2D eigenvalue weighted by Crippen LogP contribution is -2.00. The van der Waals surface area contributed by atoms with Crippen molar-refractivity contribution in [2.75, 3.05) is 0 Å². The van der Waals surface area contributed by atoms with Crippen LogP contribution in [0, 0.1) is 34.0 Å². The first-order valence-corrected chi connectivity index (χ1v) is 16.3. The Kier molecular flexibility index (Phi) is 6.56. The fourth-order valence-corrected chi connectivity index (χ4v) is 7.51. The van der Waals surface area contributed by atoms with E-state index in [1.165, 1.54) is 0 Å². The van der Waals surface area contributed by atoms with Crippen molar-refractivity contribution < 1.29 is 0 Å². The highest BCUT2D eigenvalue weighted by Crippen LogP contribution is 2.41. The van der Waals surface area contributed by atoms with Crippen LogP contribution in [-0.4, -0.2) is 9.13 Å². The smallest absolute Gasteiger partial charge is 0.101 e. The van der Waals surface area contributed by atoms with Crippen LogP contribution in [0.25, 0.3) is 77.2 Å². The average Bonchev–Trinajstić information content (AvgIpc) is 3.70. The number of nitrogens with zero attached hydrogens (tertiary/aromatic N) is 5. The highest BCUT2D eigenvalue weighted by atomic mass is 15.0. The molecule has 0 atom stereocenters. The first kappa shape index (κ1) is 28.8. The molecule has 9 rings (SSSR count).